The smallest absolute Gasteiger partial charge is 0.258 e. The molecule has 0 spiro atoms. The summed E-state index contributed by atoms with van der Waals surface area (Å²) in [6.45, 7) is 6.34. The third kappa shape index (κ3) is 4.21. The number of likely N-dealkylation sites (tertiary alicyclic amines) is 1. The lowest BCUT2D eigenvalue weighted by Gasteiger charge is -2.32. The molecule has 4 rings (SSSR count). The molecule has 0 aliphatic carbocycles. The van der Waals surface area contributed by atoms with Crippen LogP contribution in [0.4, 0.5) is 0 Å². The second-order valence-electron chi connectivity index (χ2n) is 7.51. The number of piperidine rings is 1. The molecular weight excluding hydrogens is 368 g/mol. The first kappa shape index (κ1) is 19.3. The lowest BCUT2D eigenvalue weighted by atomic mass is 9.93. The van der Waals surface area contributed by atoms with Gasteiger partial charge in [0.25, 0.3) is 11.8 Å². The van der Waals surface area contributed by atoms with Crippen LogP contribution in [0, 0.1) is 12.8 Å². The van der Waals surface area contributed by atoms with Crippen molar-refractivity contribution in [2.45, 2.75) is 46.1 Å². The fourth-order valence-corrected chi connectivity index (χ4v) is 3.93. The number of amides is 1. The first-order valence-corrected chi connectivity index (χ1v) is 10.2. The number of aryl methyl sites for hydroxylation is 2. The Hall–Kier alpha value is -3.03. The maximum Gasteiger partial charge on any atom is 0.258 e. The van der Waals surface area contributed by atoms with Crippen molar-refractivity contribution in [3.63, 3.8) is 0 Å². The molecule has 1 fully saturated rings. The monoisotopic (exact) mass is 394 g/mol. The zero-order valence-corrected chi connectivity index (χ0v) is 16.9. The van der Waals surface area contributed by atoms with Crippen LogP contribution in [0.15, 0.2) is 35.2 Å². The molecule has 0 saturated carbocycles. The molecular formula is C21H26N6O2. The van der Waals surface area contributed by atoms with E-state index in [4.69, 9.17) is 4.52 Å². The van der Waals surface area contributed by atoms with Gasteiger partial charge in [-0.05, 0) is 51.2 Å². The van der Waals surface area contributed by atoms with Gasteiger partial charge in [0, 0.05) is 49.7 Å². The van der Waals surface area contributed by atoms with Gasteiger partial charge in [-0.1, -0.05) is 5.16 Å². The fourth-order valence-electron chi connectivity index (χ4n) is 3.93. The van der Waals surface area contributed by atoms with Crippen LogP contribution in [0.3, 0.4) is 0 Å². The van der Waals surface area contributed by atoms with E-state index in [0.717, 1.165) is 56.6 Å². The number of aromatic nitrogens is 5. The molecule has 0 N–H and O–H groups in total. The first-order chi connectivity index (χ1) is 14.2. The van der Waals surface area contributed by atoms with Gasteiger partial charge in [-0.3, -0.25) is 14.5 Å². The highest BCUT2D eigenvalue weighted by atomic mass is 16.5. The van der Waals surface area contributed by atoms with Gasteiger partial charge in [0.15, 0.2) is 5.82 Å². The number of nitrogens with zero attached hydrogens (tertiary/aromatic N) is 6. The van der Waals surface area contributed by atoms with Crippen molar-refractivity contribution in [2.24, 2.45) is 5.92 Å². The molecule has 29 heavy (non-hydrogen) atoms. The molecule has 8 nitrogen and oxygen atoms in total. The van der Waals surface area contributed by atoms with E-state index in [1.807, 2.05) is 35.6 Å². The minimum atomic E-state index is 0.0893. The van der Waals surface area contributed by atoms with Gasteiger partial charge in [0.1, 0.15) is 0 Å². The third-order valence-electron chi connectivity index (χ3n) is 5.61. The highest BCUT2D eigenvalue weighted by Gasteiger charge is 2.27. The Morgan fingerprint density at radius 1 is 1.31 bits per heavy atom. The second kappa shape index (κ2) is 8.55. The zero-order chi connectivity index (χ0) is 20.2. The number of hydrogen-bond donors (Lipinski definition) is 0. The van der Waals surface area contributed by atoms with Crippen LogP contribution in [0.25, 0.3) is 11.5 Å². The molecule has 8 heteroatoms. The minimum Gasteiger partial charge on any atom is -0.338 e. The molecule has 0 aromatic carbocycles. The summed E-state index contributed by atoms with van der Waals surface area (Å²) in [4.78, 5) is 23.4. The Bertz CT molecular complexity index is 965. The quantitative estimate of drug-likeness (QED) is 0.638. The largest absolute Gasteiger partial charge is 0.338 e. The number of carbonyl (C=O) groups excluding carboxylic acids is 1. The highest BCUT2D eigenvalue weighted by molar-refractivity contribution is 5.95. The standard InChI is InChI=1S/C21H26N6O2/c1-3-27-15(2)18(13-23-27)21(28)26-12-4-5-16(14-26)6-7-19-24-20(29-25-19)17-8-10-22-11-9-17/h8-11,13,16H,3-7,12,14H2,1-2H3. The summed E-state index contributed by atoms with van der Waals surface area (Å²) in [6, 6.07) is 3.70. The molecule has 1 unspecified atom stereocenters. The van der Waals surface area contributed by atoms with Crippen LogP contribution < -0.4 is 0 Å². The molecule has 1 aliphatic heterocycles. The van der Waals surface area contributed by atoms with Crippen molar-refractivity contribution in [1.29, 1.82) is 0 Å². The molecule has 1 aliphatic rings. The lowest BCUT2D eigenvalue weighted by molar-refractivity contribution is 0.0667. The van der Waals surface area contributed by atoms with Crippen LogP contribution in [0.2, 0.25) is 0 Å². The third-order valence-corrected chi connectivity index (χ3v) is 5.61. The summed E-state index contributed by atoms with van der Waals surface area (Å²) in [7, 11) is 0. The second-order valence-corrected chi connectivity index (χ2v) is 7.51. The Morgan fingerprint density at radius 3 is 2.90 bits per heavy atom. The van der Waals surface area contributed by atoms with Crippen molar-refractivity contribution < 1.29 is 9.32 Å². The molecule has 1 saturated heterocycles. The Kier molecular flexibility index (Phi) is 5.69. The molecule has 152 valence electrons. The zero-order valence-electron chi connectivity index (χ0n) is 16.9. The normalized spacial score (nSPS) is 16.9. The molecule has 3 aromatic heterocycles. The van der Waals surface area contributed by atoms with Gasteiger partial charge < -0.3 is 9.42 Å². The van der Waals surface area contributed by atoms with Gasteiger partial charge >= 0.3 is 0 Å². The van der Waals surface area contributed by atoms with E-state index in [1.54, 1.807) is 18.6 Å². The summed E-state index contributed by atoms with van der Waals surface area (Å²) in [5, 5.41) is 8.42. The SMILES string of the molecule is CCn1ncc(C(=O)N2CCCC(CCc3noc(-c4ccncc4)n3)C2)c1C. The Labute approximate surface area is 169 Å². The van der Waals surface area contributed by atoms with Crippen molar-refractivity contribution in [3.05, 3.63) is 47.8 Å². The highest BCUT2D eigenvalue weighted by Crippen LogP contribution is 2.24. The summed E-state index contributed by atoms with van der Waals surface area (Å²) >= 11 is 0. The summed E-state index contributed by atoms with van der Waals surface area (Å²) in [5.41, 5.74) is 2.53. The van der Waals surface area contributed by atoms with Crippen LogP contribution in [-0.2, 0) is 13.0 Å². The molecule has 1 amide bonds. The molecule has 3 aromatic rings. The maximum atomic E-state index is 13.0. The summed E-state index contributed by atoms with van der Waals surface area (Å²) < 4.78 is 7.24. The summed E-state index contributed by atoms with van der Waals surface area (Å²) in [6.07, 6.45) is 8.93. The summed E-state index contributed by atoms with van der Waals surface area (Å²) in [5.74, 6) is 1.76. The van der Waals surface area contributed by atoms with Crippen molar-refractivity contribution in [1.82, 2.24) is 29.8 Å². The maximum absolute atomic E-state index is 13.0. The number of pyridine rings is 1. The van der Waals surface area contributed by atoms with E-state index in [-0.39, 0.29) is 5.91 Å². The van der Waals surface area contributed by atoms with Crippen LogP contribution >= 0.6 is 0 Å². The lowest BCUT2D eigenvalue weighted by Crippen LogP contribution is -2.40. The first-order valence-electron chi connectivity index (χ1n) is 10.2. The predicted octanol–water partition coefficient (Wildman–Crippen LogP) is 3.14. The average molecular weight is 394 g/mol. The van der Waals surface area contributed by atoms with Crippen molar-refractivity contribution >= 4 is 5.91 Å². The molecule has 1 atom stereocenters. The fraction of sp³-hybridized carbons (Fsp3) is 0.476. The van der Waals surface area contributed by atoms with Crippen LogP contribution in [0.5, 0.6) is 0 Å². The van der Waals surface area contributed by atoms with Gasteiger partial charge in [-0.2, -0.15) is 10.1 Å². The Morgan fingerprint density at radius 2 is 2.14 bits per heavy atom. The van der Waals surface area contributed by atoms with E-state index in [0.29, 0.717) is 23.2 Å². The minimum absolute atomic E-state index is 0.0893. The van der Waals surface area contributed by atoms with Gasteiger partial charge in [0.2, 0.25) is 0 Å². The van der Waals surface area contributed by atoms with Crippen molar-refractivity contribution in [2.75, 3.05) is 13.1 Å². The predicted molar refractivity (Wildman–Crippen MR) is 107 cm³/mol. The molecule has 0 radical (unpaired) electrons. The van der Waals surface area contributed by atoms with Gasteiger partial charge in [-0.25, -0.2) is 0 Å². The van der Waals surface area contributed by atoms with Gasteiger partial charge in [0.05, 0.1) is 11.8 Å². The number of carbonyl (C=O) groups is 1. The number of hydrogen-bond acceptors (Lipinski definition) is 6. The molecule has 4 heterocycles. The van der Waals surface area contributed by atoms with E-state index < -0.39 is 0 Å². The van der Waals surface area contributed by atoms with E-state index in [2.05, 4.69) is 20.2 Å². The number of rotatable bonds is 6. The van der Waals surface area contributed by atoms with Crippen molar-refractivity contribution in [3.8, 4) is 11.5 Å². The van der Waals surface area contributed by atoms with E-state index in [9.17, 15) is 4.79 Å². The Balaban J connectivity index is 1.35. The van der Waals surface area contributed by atoms with Crippen LogP contribution in [-0.4, -0.2) is 48.8 Å². The van der Waals surface area contributed by atoms with Gasteiger partial charge in [-0.15, -0.1) is 0 Å². The van der Waals surface area contributed by atoms with E-state index in [1.165, 1.54) is 0 Å². The van der Waals surface area contributed by atoms with E-state index >= 15 is 0 Å². The molecule has 0 bridgehead atoms. The topological polar surface area (TPSA) is 89.9 Å². The van der Waals surface area contributed by atoms with Crippen LogP contribution in [0.1, 0.15) is 48.1 Å². The average Bonchev–Trinajstić information content (AvgIpc) is 3.39.